The van der Waals surface area contributed by atoms with Gasteiger partial charge in [-0.25, -0.2) is 22.4 Å². The molecule has 5 aromatic rings. The summed E-state index contributed by atoms with van der Waals surface area (Å²) in [6.07, 6.45) is 1.58. The first-order valence-electron chi connectivity index (χ1n) is 10.7. The van der Waals surface area contributed by atoms with E-state index in [1.165, 1.54) is 5.52 Å². The van der Waals surface area contributed by atoms with E-state index in [1.807, 2.05) is 60.7 Å². The second kappa shape index (κ2) is 11.7. The van der Waals surface area contributed by atoms with E-state index < -0.39 is 6.03 Å². The van der Waals surface area contributed by atoms with Gasteiger partial charge in [0.05, 0.1) is 6.21 Å². The first-order chi connectivity index (χ1) is 16.2. The number of hydrazone groups is 1. The monoisotopic (exact) mass is 488 g/mol. The maximum atomic E-state index is 10.8. The number of amides is 2. The van der Waals surface area contributed by atoms with Gasteiger partial charge in [0.15, 0.2) is 0 Å². The molecule has 2 amide bonds. The molecular weight excluding hydrogens is 464 g/mol. The molecule has 5 nitrogen and oxygen atoms in total. The van der Waals surface area contributed by atoms with Crippen LogP contribution < -0.4 is 11.2 Å². The SMILES string of the molecule is CCn1c2ccc(C#C[c-]3cccc3)cc2c2cc(C=NNC(N)=O)ccc21.[Fe+2].c1cc[cH-]c1. The van der Waals surface area contributed by atoms with Gasteiger partial charge >= 0.3 is 23.1 Å². The van der Waals surface area contributed by atoms with E-state index in [0.717, 1.165) is 39.5 Å². The number of nitrogens with zero attached hydrogens (tertiary/aromatic N) is 2. The summed E-state index contributed by atoms with van der Waals surface area (Å²) in [5.41, 5.74) is 12.4. The second-order valence-corrected chi connectivity index (χ2v) is 7.37. The van der Waals surface area contributed by atoms with Crippen molar-refractivity contribution >= 4 is 34.1 Å². The average Bonchev–Trinajstić information content (AvgIpc) is 3.60. The molecule has 0 radical (unpaired) electrons. The third-order valence-corrected chi connectivity index (χ3v) is 5.16. The minimum Gasteiger partial charge on any atom is -0.350 e. The van der Waals surface area contributed by atoms with Crippen molar-refractivity contribution in [3.8, 4) is 11.8 Å². The molecule has 3 N–H and O–H groups in total. The Balaban J connectivity index is 0.000000481. The fraction of sp³-hybridized carbons (Fsp3) is 0.0714. The summed E-state index contributed by atoms with van der Waals surface area (Å²) in [6, 6.07) is 29.7. The normalized spacial score (nSPS) is 10.3. The first kappa shape index (κ1) is 24.6. The predicted molar refractivity (Wildman–Crippen MR) is 135 cm³/mol. The van der Waals surface area contributed by atoms with Crippen molar-refractivity contribution in [1.82, 2.24) is 9.99 Å². The fourth-order valence-electron chi connectivity index (χ4n) is 3.71. The largest absolute Gasteiger partial charge is 2.00 e. The van der Waals surface area contributed by atoms with E-state index in [2.05, 4.69) is 64.2 Å². The summed E-state index contributed by atoms with van der Waals surface area (Å²) in [4.78, 5) is 10.8. The molecule has 0 atom stereocenters. The second-order valence-electron chi connectivity index (χ2n) is 7.37. The van der Waals surface area contributed by atoms with Gasteiger partial charge in [0.2, 0.25) is 0 Å². The van der Waals surface area contributed by atoms with Gasteiger partial charge in [-0.05, 0) is 42.3 Å². The van der Waals surface area contributed by atoms with E-state index in [4.69, 9.17) is 5.73 Å². The number of aromatic nitrogens is 1. The van der Waals surface area contributed by atoms with Crippen LogP contribution in [0, 0.1) is 11.8 Å². The summed E-state index contributed by atoms with van der Waals surface area (Å²) in [5.74, 6) is 6.44. The van der Waals surface area contributed by atoms with Crippen LogP contribution in [0.5, 0.6) is 0 Å². The molecule has 0 aliphatic carbocycles. The molecule has 0 aliphatic rings. The van der Waals surface area contributed by atoms with Crippen LogP contribution in [0.3, 0.4) is 0 Å². The number of aryl methyl sites for hydroxylation is 1. The topological polar surface area (TPSA) is 72.4 Å². The summed E-state index contributed by atoms with van der Waals surface area (Å²) in [5, 5.41) is 6.12. The minimum absolute atomic E-state index is 0. The Morgan fingerprint density at radius 3 is 2.38 bits per heavy atom. The van der Waals surface area contributed by atoms with Crippen LogP contribution in [-0.2, 0) is 23.6 Å². The quantitative estimate of drug-likeness (QED) is 0.116. The van der Waals surface area contributed by atoms with Gasteiger partial charge in [-0.1, -0.05) is 17.7 Å². The van der Waals surface area contributed by atoms with Crippen molar-refractivity contribution in [2.75, 3.05) is 0 Å². The van der Waals surface area contributed by atoms with Crippen LogP contribution >= 0.6 is 0 Å². The number of carbonyl (C=O) groups is 1. The van der Waals surface area contributed by atoms with E-state index in [0.29, 0.717) is 0 Å². The minimum atomic E-state index is -0.687. The van der Waals surface area contributed by atoms with Crippen LogP contribution in [0.15, 0.2) is 96.1 Å². The Morgan fingerprint density at radius 1 is 1.09 bits per heavy atom. The van der Waals surface area contributed by atoms with Crippen molar-refractivity contribution < 1.29 is 21.9 Å². The van der Waals surface area contributed by atoms with Crippen LogP contribution in [0.25, 0.3) is 21.8 Å². The summed E-state index contributed by atoms with van der Waals surface area (Å²) in [6.45, 7) is 3.00. The van der Waals surface area contributed by atoms with Crippen LogP contribution in [0.1, 0.15) is 23.6 Å². The molecule has 0 bridgehead atoms. The van der Waals surface area contributed by atoms with Crippen molar-refractivity contribution in [3.63, 3.8) is 0 Å². The number of hydrogen-bond donors (Lipinski definition) is 2. The molecular formula is C28H24FeN4O. The third-order valence-electron chi connectivity index (χ3n) is 5.16. The van der Waals surface area contributed by atoms with E-state index >= 15 is 0 Å². The molecule has 0 unspecified atom stereocenters. The summed E-state index contributed by atoms with van der Waals surface area (Å²) >= 11 is 0. The van der Waals surface area contributed by atoms with Crippen molar-refractivity contribution in [3.05, 3.63) is 108 Å². The van der Waals surface area contributed by atoms with Gasteiger partial charge in [-0.15, -0.1) is 12.1 Å². The smallest absolute Gasteiger partial charge is 0.350 e. The number of nitrogens with one attached hydrogen (secondary N) is 1. The van der Waals surface area contributed by atoms with Crippen LogP contribution in [-0.4, -0.2) is 16.8 Å². The zero-order chi connectivity index (χ0) is 23.0. The van der Waals surface area contributed by atoms with Crippen molar-refractivity contribution in [2.24, 2.45) is 10.8 Å². The Kier molecular flexibility index (Phi) is 8.48. The molecule has 34 heavy (non-hydrogen) atoms. The van der Waals surface area contributed by atoms with Gasteiger partial charge in [0.1, 0.15) is 0 Å². The zero-order valence-electron chi connectivity index (χ0n) is 18.7. The van der Waals surface area contributed by atoms with Crippen LogP contribution in [0.2, 0.25) is 0 Å². The number of fused-ring (bicyclic) bond motifs is 3. The number of primary amides is 1. The van der Waals surface area contributed by atoms with Crippen LogP contribution in [0.4, 0.5) is 4.79 Å². The Labute approximate surface area is 209 Å². The third kappa shape index (κ3) is 5.85. The molecule has 6 heteroatoms. The Bertz CT molecular complexity index is 1430. The molecule has 0 saturated carbocycles. The Hall–Kier alpha value is -4.04. The molecule has 1 aromatic heterocycles. The number of urea groups is 1. The molecule has 0 fully saturated rings. The standard InChI is InChI=1S/C23H19N4O.C5H5.Fe/c1-2-27-21-11-9-17(8-7-16-5-3-4-6-16)13-19(21)20-14-18(10-12-22(20)27)15-25-26-23(24)28;1-2-4-5-3-1;/h3-6,9-15H,2H2,1H3,(H3,24,26,28);1-5H;/q2*-1;+2. The molecule has 4 aromatic carbocycles. The van der Waals surface area contributed by atoms with Gasteiger partial charge < -0.3 is 10.3 Å². The zero-order valence-corrected chi connectivity index (χ0v) is 19.8. The Morgan fingerprint density at radius 2 is 1.76 bits per heavy atom. The molecule has 170 valence electrons. The van der Waals surface area contributed by atoms with E-state index in [-0.39, 0.29) is 17.1 Å². The maximum absolute atomic E-state index is 10.8. The van der Waals surface area contributed by atoms with Gasteiger partial charge in [-0.3, -0.25) is 0 Å². The number of benzene rings is 2. The number of hydrogen-bond acceptors (Lipinski definition) is 2. The predicted octanol–water partition coefficient (Wildman–Crippen LogP) is 5.34. The summed E-state index contributed by atoms with van der Waals surface area (Å²) < 4.78 is 2.28. The first-order valence-corrected chi connectivity index (χ1v) is 10.7. The molecule has 0 aliphatic heterocycles. The van der Waals surface area contributed by atoms with Crippen molar-refractivity contribution in [1.29, 1.82) is 0 Å². The molecule has 0 saturated heterocycles. The van der Waals surface area contributed by atoms with E-state index in [1.54, 1.807) is 6.21 Å². The van der Waals surface area contributed by atoms with Gasteiger partial charge in [-0.2, -0.15) is 47.3 Å². The van der Waals surface area contributed by atoms with Crippen molar-refractivity contribution in [2.45, 2.75) is 13.5 Å². The van der Waals surface area contributed by atoms with E-state index in [9.17, 15) is 4.79 Å². The number of rotatable bonds is 3. The maximum Gasteiger partial charge on any atom is 2.00 e. The average molecular weight is 488 g/mol. The fourth-order valence-corrected chi connectivity index (χ4v) is 3.71. The molecule has 0 spiro atoms. The number of nitrogens with two attached hydrogens (primary N) is 1. The molecule has 5 rings (SSSR count). The summed E-state index contributed by atoms with van der Waals surface area (Å²) in [7, 11) is 0. The van der Waals surface area contributed by atoms with Gasteiger partial charge in [0.25, 0.3) is 0 Å². The molecule has 1 heterocycles. The number of carbonyl (C=O) groups excluding carboxylic acids is 1. The van der Waals surface area contributed by atoms with Gasteiger partial charge in [0, 0.05) is 28.4 Å².